The Bertz CT molecular complexity index is 88.9. The van der Waals surface area contributed by atoms with E-state index in [4.69, 9.17) is 0 Å². The quantitative estimate of drug-likeness (QED) is 0.589. The van der Waals surface area contributed by atoms with Crippen LogP contribution in [0.5, 0.6) is 0 Å². The first kappa shape index (κ1) is 25.6. The van der Waals surface area contributed by atoms with Gasteiger partial charge < -0.3 is 0 Å². The Hall–Kier alpha value is 0.759. The van der Waals surface area contributed by atoms with Gasteiger partial charge in [0.2, 0.25) is 0 Å². The van der Waals surface area contributed by atoms with Gasteiger partial charge in [-0.05, 0) is 0 Å². The Morgan fingerprint density at radius 2 is 1.06 bits per heavy atom. The zero-order valence-electron chi connectivity index (χ0n) is 14.2. The van der Waals surface area contributed by atoms with Crippen LogP contribution in [0.15, 0.2) is 0 Å². The fourth-order valence-electron chi connectivity index (χ4n) is 0.516. The summed E-state index contributed by atoms with van der Waals surface area (Å²) in [6.07, 6.45) is 1.25. The van der Waals surface area contributed by atoms with Crippen molar-refractivity contribution in [2.75, 3.05) is 14.1 Å². The summed E-state index contributed by atoms with van der Waals surface area (Å²) in [6, 6.07) is 0. The van der Waals surface area contributed by atoms with Gasteiger partial charge in [0.25, 0.3) is 0 Å². The van der Waals surface area contributed by atoms with Gasteiger partial charge in [-0.25, -0.2) is 0 Å². The molecule has 104 valence electrons. The summed E-state index contributed by atoms with van der Waals surface area (Å²) in [5, 5.41) is 0. The van der Waals surface area contributed by atoms with Crippen LogP contribution >= 0.6 is 0 Å². The second-order valence-corrected chi connectivity index (χ2v) is 19.7. The number of rotatable bonds is 2. The van der Waals surface area contributed by atoms with E-state index < -0.39 is 18.7 Å². The predicted molar refractivity (Wildman–Crippen MR) is 84.9 cm³/mol. The van der Waals surface area contributed by atoms with Crippen LogP contribution in [0.25, 0.3) is 0 Å². The third kappa shape index (κ3) is 17.2. The van der Waals surface area contributed by atoms with Crippen LogP contribution in [0, 0.1) is 0 Å². The molecule has 0 spiro atoms. The van der Waals surface area contributed by atoms with E-state index in [1.165, 1.54) is 6.42 Å². The van der Waals surface area contributed by atoms with Crippen molar-refractivity contribution in [2.24, 2.45) is 0 Å². The molecular weight excluding hydrogens is 301 g/mol. The Morgan fingerprint density at radius 3 is 1.06 bits per heavy atom. The summed E-state index contributed by atoms with van der Waals surface area (Å²) in [4.78, 5) is 4.94. The molecule has 0 aliphatic carbocycles. The van der Waals surface area contributed by atoms with E-state index >= 15 is 0 Å². The third-order valence-corrected chi connectivity index (χ3v) is 17.2. The Balaban J connectivity index is -0.0000000864. The molecule has 0 bridgehead atoms. The van der Waals surface area contributed by atoms with Crippen molar-refractivity contribution in [1.29, 1.82) is 0 Å². The van der Waals surface area contributed by atoms with Crippen molar-refractivity contribution in [3.8, 4) is 0 Å². The summed E-state index contributed by atoms with van der Waals surface area (Å²) >= 11 is -1.72. The predicted octanol–water partition coefficient (Wildman–Crippen LogP) is 5.63. The van der Waals surface area contributed by atoms with Crippen molar-refractivity contribution in [3.05, 3.63) is 0 Å². The molecule has 2 heteroatoms. The summed E-state index contributed by atoms with van der Waals surface area (Å²) in [5.74, 6) is 0. The number of hydrogen-bond acceptors (Lipinski definition) is 1. The molecule has 0 unspecified atom stereocenters. The molecular formula is C14H39NSn. The average molecular weight is 340 g/mol. The van der Waals surface area contributed by atoms with E-state index in [0.717, 1.165) is 3.93 Å². The standard InChI is InChI=1S/C3H8.C3H7.C2H6N.2C2H6.2CH3.Sn/c3*1-3-2;2*1-2;;;/h3H2,1-2H3;3H,1-2H3;1-2H3;2*1-2H3;2*1H3;/q;;-1;;;;;+1. The van der Waals surface area contributed by atoms with Crippen LogP contribution in [-0.2, 0) is 0 Å². The van der Waals surface area contributed by atoms with Crippen molar-refractivity contribution >= 4 is 18.7 Å². The van der Waals surface area contributed by atoms with Gasteiger partial charge in [0.15, 0.2) is 0 Å². The first-order valence-corrected chi connectivity index (χ1v) is 15.6. The van der Waals surface area contributed by atoms with Gasteiger partial charge in [0.1, 0.15) is 0 Å². The van der Waals surface area contributed by atoms with Crippen molar-refractivity contribution < 1.29 is 0 Å². The topological polar surface area (TPSA) is 3.24 Å². The van der Waals surface area contributed by atoms with Crippen molar-refractivity contribution in [1.82, 2.24) is 3.12 Å². The van der Waals surface area contributed by atoms with Crippen LogP contribution < -0.4 is 0 Å². The minimum atomic E-state index is -1.72. The molecule has 0 aromatic carbocycles. The Kier molecular flexibility index (Phi) is 29.0. The van der Waals surface area contributed by atoms with Gasteiger partial charge in [-0.2, -0.15) is 0 Å². The van der Waals surface area contributed by atoms with E-state index in [-0.39, 0.29) is 0 Å². The number of hydrogen-bond donors (Lipinski definition) is 0. The zero-order chi connectivity index (χ0) is 14.4. The maximum atomic E-state index is 2.47. The fourth-order valence-corrected chi connectivity index (χ4v) is 3.46. The van der Waals surface area contributed by atoms with Gasteiger partial charge >= 0.3 is 63.5 Å². The fraction of sp³-hybridized carbons (Fsp3) is 1.00. The molecule has 0 saturated carbocycles. The molecule has 1 nitrogen and oxygen atoms in total. The molecule has 0 atom stereocenters. The second-order valence-electron chi connectivity index (χ2n) is 4.41. The SMILES string of the molecule is CC.CC.CCC.C[CH](C)[Sn]([CH3])([CH3])[N](C)C. The molecule has 0 heterocycles. The molecule has 0 saturated heterocycles. The van der Waals surface area contributed by atoms with Crippen molar-refractivity contribution in [2.45, 2.75) is 75.6 Å². The normalized spacial score (nSPS) is 9.38. The molecule has 0 amide bonds. The van der Waals surface area contributed by atoms with Gasteiger partial charge in [-0.1, -0.05) is 48.0 Å². The summed E-state index contributed by atoms with van der Waals surface area (Å²) in [7, 11) is 4.44. The van der Waals surface area contributed by atoms with Gasteiger partial charge in [0.05, 0.1) is 0 Å². The molecule has 0 aliphatic rings. The van der Waals surface area contributed by atoms with Crippen molar-refractivity contribution in [3.63, 3.8) is 0 Å². The summed E-state index contributed by atoms with van der Waals surface area (Å²) < 4.78 is 3.40. The molecule has 16 heavy (non-hydrogen) atoms. The van der Waals surface area contributed by atoms with E-state index in [0.29, 0.717) is 0 Å². The van der Waals surface area contributed by atoms with Crippen LogP contribution in [0.4, 0.5) is 0 Å². The average Bonchev–Trinajstić information content (AvgIpc) is 2.24. The van der Waals surface area contributed by atoms with Crippen LogP contribution in [-0.4, -0.2) is 35.9 Å². The Morgan fingerprint density at radius 1 is 0.875 bits per heavy atom. The monoisotopic (exact) mass is 341 g/mol. The van der Waals surface area contributed by atoms with E-state index in [9.17, 15) is 0 Å². The first-order chi connectivity index (χ1) is 7.30. The van der Waals surface area contributed by atoms with Gasteiger partial charge in [-0.15, -0.1) is 0 Å². The van der Waals surface area contributed by atoms with Crippen LogP contribution in [0.2, 0.25) is 13.8 Å². The molecule has 0 N–H and O–H groups in total. The van der Waals surface area contributed by atoms with Gasteiger partial charge in [0, 0.05) is 0 Å². The van der Waals surface area contributed by atoms with Gasteiger partial charge in [-0.3, -0.25) is 0 Å². The molecule has 0 rings (SSSR count). The Labute approximate surface area is 111 Å². The van der Waals surface area contributed by atoms with E-state index in [2.05, 4.69) is 54.8 Å². The maximum absolute atomic E-state index is 2.47. The molecule has 0 fully saturated rings. The second kappa shape index (κ2) is 18.1. The molecule has 0 aromatic rings. The molecule has 0 aliphatic heterocycles. The summed E-state index contributed by atoms with van der Waals surface area (Å²) in [6.45, 7) is 16.9. The van der Waals surface area contributed by atoms with E-state index in [1.54, 1.807) is 0 Å². The zero-order valence-corrected chi connectivity index (χ0v) is 17.1. The van der Waals surface area contributed by atoms with Crippen LogP contribution in [0.1, 0.15) is 61.8 Å². The molecule has 0 aromatic heterocycles. The molecule has 0 radical (unpaired) electrons. The first-order valence-electron chi connectivity index (χ1n) is 6.98. The van der Waals surface area contributed by atoms with E-state index in [1.807, 2.05) is 27.7 Å². The van der Waals surface area contributed by atoms with Crippen LogP contribution in [0.3, 0.4) is 0 Å². The minimum absolute atomic E-state index is 0.925. The number of nitrogens with zero attached hydrogens (tertiary/aromatic N) is 1. The summed E-state index contributed by atoms with van der Waals surface area (Å²) in [5.41, 5.74) is 0. The third-order valence-electron chi connectivity index (χ3n) is 2.57.